The van der Waals surface area contributed by atoms with Crippen LogP contribution in [0.2, 0.25) is 10.0 Å². The van der Waals surface area contributed by atoms with Gasteiger partial charge in [-0.1, -0.05) is 23.2 Å². The summed E-state index contributed by atoms with van der Waals surface area (Å²) in [5.41, 5.74) is 0.191. The van der Waals surface area contributed by atoms with Crippen molar-refractivity contribution in [3.05, 3.63) is 22.2 Å². The maximum absolute atomic E-state index is 11.5. The number of hydrogen-bond acceptors (Lipinski definition) is 4. The minimum absolute atomic E-state index is 0.0694. The van der Waals surface area contributed by atoms with Gasteiger partial charge < -0.3 is 0 Å². The lowest BCUT2D eigenvalue weighted by Gasteiger charge is -2.13. The van der Waals surface area contributed by atoms with Crippen molar-refractivity contribution in [3.63, 3.8) is 0 Å². The van der Waals surface area contributed by atoms with Crippen molar-refractivity contribution in [3.8, 4) is 0 Å². The summed E-state index contributed by atoms with van der Waals surface area (Å²) < 4.78 is 50.4. The van der Waals surface area contributed by atoms with Gasteiger partial charge in [0.05, 0.1) is 32.9 Å². The molecule has 0 aliphatic rings. The van der Waals surface area contributed by atoms with E-state index in [4.69, 9.17) is 23.2 Å². The average Bonchev–Trinajstić information content (AvgIpc) is 2.38. The van der Waals surface area contributed by atoms with Gasteiger partial charge in [-0.2, -0.15) is 0 Å². The van der Waals surface area contributed by atoms with Crippen LogP contribution in [0.15, 0.2) is 12.1 Å². The van der Waals surface area contributed by atoms with Gasteiger partial charge in [0.15, 0.2) is 0 Å². The van der Waals surface area contributed by atoms with Crippen molar-refractivity contribution < 1.29 is 16.8 Å². The molecule has 0 aliphatic heterocycles. The summed E-state index contributed by atoms with van der Waals surface area (Å²) in [6.45, 7) is 2.95. The summed E-state index contributed by atoms with van der Waals surface area (Å²) >= 11 is 11.9. The first-order valence-corrected chi connectivity index (χ1v) is 9.67. The van der Waals surface area contributed by atoms with Crippen LogP contribution in [0.4, 0.5) is 11.4 Å². The summed E-state index contributed by atoms with van der Waals surface area (Å²) in [7, 11) is -6.99. The highest BCUT2D eigenvalue weighted by Gasteiger charge is 2.17. The van der Waals surface area contributed by atoms with E-state index in [0.29, 0.717) is 0 Å². The normalized spacial score (nSPS) is 12.2. The van der Waals surface area contributed by atoms with Crippen molar-refractivity contribution in [2.24, 2.45) is 0 Å². The van der Waals surface area contributed by atoms with E-state index in [1.54, 1.807) is 0 Å². The molecule has 6 nitrogen and oxygen atoms in total. The van der Waals surface area contributed by atoms with Crippen LogP contribution in [0.1, 0.15) is 13.8 Å². The van der Waals surface area contributed by atoms with E-state index in [9.17, 15) is 16.8 Å². The smallest absolute Gasteiger partial charge is 0.232 e. The van der Waals surface area contributed by atoms with Crippen molar-refractivity contribution in [1.82, 2.24) is 0 Å². The number of hydrogen-bond donors (Lipinski definition) is 2. The number of benzene rings is 1. The number of anilines is 2. The zero-order valence-corrected chi connectivity index (χ0v) is 13.9. The fourth-order valence-corrected chi connectivity index (χ4v) is 3.02. The molecule has 10 heteroatoms. The molecule has 0 aromatic heterocycles. The Balaban J connectivity index is 3.17. The van der Waals surface area contributed by atoms with Crippen molar-refractivity contribution >= 4 is 54.6 Å². The summed E-state index contributed by atoms with van der Waals surface area (Å²) in [6, 6.07) is 2.68. The summed E-state index contributed by atoms with van der Waals surface area (Å²) in [5.74, 6) is -0.240. The number of halogens is 2. The molecule has 1 rings (SSSR count). The Hall–Kier alpha value is -0.700. The summed E-state index contributed by atoms with van der Waals surface area (Å²) in [5, 5.41) is -0.139. The lowest BCUT2D eigenvalue weighted by Crippen LogP contribution is -2.16. The van der Waals surface area contributed by atoms with Gasteiger partial charge in [-0.15, -0.1) is 0 Å². The van der Waals surface area contributed by atoms with Gasteiger partial charge in [0.25, 0.3) is 0 Å². The Morgan fingerprint density at radius 1 is 0.850 bits per heavy atom. The van der Waals surface area contributed by atoms with Gasteiger partial charge in [-0.05, 0) is 26.0 Å². The number of sulfonamides is 2. The monoisotopic (exact) mass is 360 g/mol. The Kier molecular flexibility index (Phi) is 5.54. The highest BCUT2D eigenvalue weighted by Crippen LogP contribution is 2.36. The minimum atomic E-state index is -3.50. The van der Waals surface area contributed by atoms with Crippen molar-refractivity contribution in [2.75, 3.05) is 20.9 Å². The molecule has 0 spiro atoms. The SMILES string of the molecule is CCS(=O)(=O)Nc1ccc(NS(=O)(=O)CC)c(Cl)c1Cl. The second-order valence-electron chi connectivity index (χ2n) is 3.80. The Labute approximate surface area is 128 Å². The van der Waals surface area contributed by atoms with Crippen LogP contribution < -0.4 is 9.44 Å². The quantitative estimate of drug-likeness (QED) is 0.814. The second-order valence-corrected chi connectivity index (χ2v) is 8.58. The molecular weight excluding hydrogens is 347 g/mol. The standard InChI is InChI=1S/C10H14Cl2N2O4S2/c1-3-19(15,16)13-7-5-6-8(10(12)9(7)11)14-20(17,18)4-2/h5-6,13-14H,3-4H2,1-2H3. The van der Waals surface area contributed by atoms with E-state index in [-0.39, 0.29) is 32.9 Å². The maximum atomic E-state index is 11.5. The minimum Gasteiger partial charge on any atom is -0.282 e. The molecule has 0 radical (unpaired) electrons. The molecule has 2 N–H and O–H groups in total. The lowest BCUT2D eigenvalue weighted by atomic mass is 10.3. The van der Waals surface area contributed by atoms with Crippen molar-refractivity contribution in [2.45, 2.75) is 13.8 Å². The van der Waals surface area contributed by atoms with E-state index in [2.05, 4.69) is 9.44 Å². The molecule has 0 bridgehead atoms. The molecule has 0 amide bonds. The van der Waals surface area contributed by atoms with Crippen LogP contribution in [0.25, 0.3) is 0 Å². The molecule has 20 heavy (non-hydrogen) atoms. The second kappa shape index (κ2) is 6.38. The van der Waals surface area contributed by atoms with Crippen molar-refractivity contribution in [1.29, 1.82) is 0 Å². The third-order valence-electron chi connectivity index (χ3n) is 2.37. The van der Waals surface area contributed by atoms with Gasteiger partial charge in [-0.3, -0.25) is 9.44 Å². The Bertz CT molecular complexity index is 641. The molecule has 0 atom stereocenters. The molecule has 0 fully saturated rings. The maximum Gasteiger partial charge on any atom is 0.232 e. The third-order valence-corrected chi connectivity index (χ3v) is 5.84. The number of nitrogens with one attached hydrogen (secondary N) is 2. The van der Waals surface area contributed by atoms with E-state index >= 15 is 0 Å². The first-order chi connectivity index (χ1) is 9.12. The average molecular weight is 361 g/mol. The van der Waals surface area contributed by atoms with Gasteiger partial charge in [0, 0.05) is 0 Å². The van der Waals surface area contributed by atoms with Crippen LogP contribution in [0.5, 0.6) is 0 Å². The zero-order chi connectivity index (χ0) is 15.6. The molecule has 1 aromatic rings. The molecule has 0 heterocycles. The van der Waals surface area contributed by atoms with Gasteiger partial charge in [0.1, 0.15) is 0 Å². The fraction of sp³-hybridized carbons (Fsp3) is 0.400. The highest BCUT2D eigenvalue weighted by atomic mass is 35.5. The zero-order valence-electron chi connectivity index (χ0n) is 10.8. The predicted molar refractivity (Wildman–Crippen MR) is 82.6 cm³/mol. The van der Waals surface area contributed by atoms with Crippen LogP contribution >= 0.6 is 23.2 Å². The van der Waals surface area contributed by atoms with Gasteiger partial charge >= 0.3 is 0 Å². The van der Waals surface area contributed by atoms with Crippen LogP contribution in [-0.2, 0) is 20.0 Å². The fourth-order valence-electron chi connectivity index (χ4n) is 1.19. The molecule has 0 aliphatic carbocycles. The van der Waals surface area contributed by atoms with Crippen LogP contribution in [0, 0.1) is 0 Å². The molecule has 114 valence electrons. The van der Waals surface area contributed by atoms with E-state index in [1.807, 2.05) is 0 Å². The van der Waals surface area contributed by atoms with E-state index in [1.165, 1.54) is 26.0 Å². The highest BCUT2D eigenvalue weighted by molar-refractivity contribution is 7.92. The molecule has 0 saturated heterocycles. The molecule has 0 saturated carbocycles. The topological polar surface area (TPSA) is 92.3 Å². The largest absolute Gasteiger partial charge is 0.282 e. The lowest BCUT2D eigenvalue weighted by molar-refractivity contribution is 0.600. The first-order valence-electron chi connectivity index (χ1n) is 5.61. The Morgan fingerprint density at radius 3 is 1.40 bits per heavy atom. The van der Waals surface area contributed by atoms with Crippen LogP contribution in [0.3, 0.4) is 0 Å². The molecule has 0 unspecified atom stereocenters. The third kappa shape index (κ3) is 4.41. The van der Waals surface area contributed by atoms with E-state index in [0.717, 1.165) is 0 Å². The molecular formula is C10H14Cl2N2O4S2. The van der Waals surface area contributed by atoms with Gasteiger partial charge in [0.2, 0.25) is 20.0 Å². The summed E-state index contributed by atoms with van der Waals surface area (Å²) in [6.07, 6.45) is 0. The van der Waals surface area contributed by atoms with Crippen LogP contribution in [-0.4, -0.2) is 28.3 Å². The number of rotatable bonds is 6. The van der Waals surface area contributed by atoms with Gasteiger partial charge in [-0.25, -0.2) is 16.8 Å². The first kappa shape index (κ1) is 17.4. The molecule has 1 aromatic carbocycles. The Morgan fingerprint density at radius 2 is 1.15 bits per heavy atom. The predicted octanol–water partition coefficient (Wildman–Crippen LogP) is 2.52. The van der Waals surface area contributed by atoms with E-state index < -0.39 is 20.0 Å². The summed E-state index contributed by atoms with van der Waals surface area (Å²) in [4.78, 5) is 0.